The van der Waals surface area contributed by atoms with E-state index >= 15 is 0 Å². The Hall–Kier alpha value is -2.31. The van der Waals surface area contributed by atoms with Crippen LogP contribution in [0.2, 0.25) is 5.02 Å². The van der Waals surface area contributed by atoms with Crippen LogP contribution in [0.1, 0.15) is 24.7 Å². The molecule has 0 aliphatic heterocycles. The minimum absolute atomic E-state index is 0.0852. The van der Waals surface area contributed by atoms with Crippen LogP contribution < -0.4 is 5.32 Å². The lowest BCUT2D eigenvalue weighted by molar-refractivity contribution is -0.113. The largest absolute Gasteiger partial charge is 0.325 e. The number of amides is 1. The van der Waals surface area contributed by atoms with Crippen molar-refractivity contribution >= 4 is 35.0 Å². The maximum atomic E-state index is 12.2. The van der Waals surface area contributed by atoms with Crippen LogP contribution in [-0.4, -0.2) is 26.4 Å². The summed E-state index contributed by atoms with van der Waals surface area (Å²) in [6, 6.07) is 17.3. The molecule has 1 aromatic heterocycles. The smallest absolute Gasteiger partial charge is 0.234 e. The number of carbonyl (C=O) groups excluding carboxylic acids is 1. The molecule has 0 bridgehead atoms. The first-order valence-corrected chi connectivity index (χ1v) is 10.2. The molecule has 140 valence electrons. The Bertz CT molecular complexity index is 881. The molecule has 1 heterocycles. The van der Waals surface area contributed by atoms with E-state index in [1.807, 2.05) is 18.2 Å². The molecule has 0 radical (unpaired) electrons. The van der Waals surface area contributed by atoms with Crippen LogP contribution in [0.4, 0.5) is 5.69 Å². The van der Waals surface area contributed by atoms with Crippen LogP contribution in [0.15, 0.2) is 59.8 Å². The molecule has 1 amide bonds. The number of rotatable bonds is 8. The van der Waals surface area contributed by atoms with Crippen LogP contribution in [0, 0.1) is 0 Å². The summed E-state index contributed by atoms with van der Waals surface area (Å²) >= 11 is 7.26. The topological polar surface area (TPSA) is 59.8 Å². The van der Waals surface area contributed by atoms with Crippen LogP contribution in [0.25, 0.3) is 0 Å². The third-order valence-corrected chi connectivity index (χ3v) is 5.12. The summed E-state index contributed by atoms with van der Waals surface area (Å²) in [5, 5.41) is 12.9. The number of anilines is 1. The monoisotopic (exact) mass is 400 g/mol. The van der Waals surface area contributed by atoms with Gasteiger partial charge in [-0.05, 0) is 36.2 Å². The Morgan fingerprint density at radius 3 is 2.56 bits per heavy atom. The number of halogens is 1. The molecule has 2 aromatic carbocycles. The van der Waals surface area contributed by atoms with Crippen molar-refractivity contribution in [2.45, 2.75) is 31.5 Å². The maximum Gasteiger partial charge on any atom is 0.234 e. The molecular weight excluding hydrogens is 380 g/mol. The van der Waals surface area contributed by atoms with Gasteiger partial charge in [0.15, 0.2) is 5.16 Å². The number of nitrogens with zero attached hydrogens (tertiary/aromatic N) is 3. The van der Waals surface area contributed by atoms with Gasteiger partial charge in [-0.15, -0.1) is 10.2 Å². The fourth-order valence-corrected chi connectivity index (χ4v) is 3.55. The molecule has 0 atom stereocenters. The van der Waals surface area contributed by atoms with Gasteiger partial charge in [0.25, 0.3) is 0 Å². The minimum atomic E-state index is -0.0852. The zero-order valence-electron chi connectivity index (χ0n) is 15.1. The van der Waals surface area contributed by atoms with Crippen molar-refractivity contribution in [2.24, 2.45) is 0 Å². The van der Waals surface area contributed by atoms with Crippen molar-refractivity contribution in [1.29, 1.82) is 0 Å². The lowest BCUT2D eigenvalue weighted by atomic mass is 10.1. The SMILES string of the molecule is CCCn1c(Cc2ccccc2)nnc1SCC(=O)Nc1ccc(Cl)cc1. The normalized spacial score (nSPS) is 10.7. The van der Waals surface area contributed by atoms with Gasteiger partial charge in [0, 0.05) is 23.7 Å². The molecule has 5 nitrogen and oxygen atoms in total. The van der Waals surface area contributed by atoms with Crippen LogP contribution in [0.5, 0.6) is 0 Å². The molecule has 27 heavy (non-hydrogen) atoms. The van der Waals surface area contributed by atoms with Crippen molar-refractivity contribution in [3.63, 3.8) is 0 Å². The lowest BCUT2D eigenvalue weighted by Gasteiger charge is -2.09. The molecule has 3 aromatic rings. The zero-order valence-corrected chi connectivity index (χ0v) is 16.6. The van der Waals surface area contributed by atoms with Crippen molar-refractivity contribution in [1.82, 2.24) is 14.8 Å². The zero-order chi connectivity index (χ0) is 19.1. The molecule has 0 unspecified atom stereocenters. The summed E-state index contributed by atoms with van der Waals surface area (Å²) < 4.78 is 2.10. The number of nitrogens with one attached hydrogen (secondary N) is 1. The van der Waals surface area contributed by atoms with Crippen molar-refractivity contribution in [2.75, 3.05) is 11.1 Å². The molecule has 0 spiro atoms. The van der Waals surface area contributed by atoms with E-state index in [1.165, 1.54) is 17.3 Å². The molecule has 0 aliphatic carbocycles. The number of hydrogen-bond acceptors (Lipinski definition) is 4. The number of benzene rings is 2. The Balaban J connectivity index is 1.63. The average molecular weight is 401 g/mol. The summed E-state index contributed by atoms with van der Waals surface area (Å²) in [6.45, 7) is 2.95. The number of aromatic nitrogens is 3. The van der Waals surface area contributed by atoms with Gasteiger partial charge in [-0.2, -0.15) is 0 Å². The van der Waals surface area contributed by atoms with Crippen molar-refractivity contribution in [3.8, 4) is 0 Å². The second-order valence-electron chi connectivity index (χ2n) is 6.06. The van der Waals surface area contributed by atoms with Gasteiger partial charge in [0.2, 0.25) is 5.91 Å². The summed E-state index contributed by atoms with van der Waals surface area (Å²) in [5.74, 6) is 1.11. The molecule has 0 saturated carbocycles. The molecule has 0 fully saturated rings. The highest BCUT2D eigenvalue weighted by Gasteiger charge is 2.14. The van der Waals surface area contributed by atoms with Crippen LogP contribution in [0.3, 0.4) is 0 Å². The van der Waals surface area contributed by atoms with Gasteiger partial charge in [-0.25, -0.2) is 0 Å². The Morgan fingerprint density at radius 2 is 1.85 bits per heavy atom. The summed E-state index contributed by atoms with van der Waals surface area (Å²) in [5.41, 5.74) is 1.92. The van der Waals surface area contributed by atoms with Crippen molar-refractivity contribution in [3.05, 3.63) is 71.0 Å². The van der Waals surface area contributed by atoms with E-state index in [2.05, 4.69) is 39.1 Å². The van der Waals surface area contributed by atoms with Gasteiger partial charge >= 0.3 is 0 Å². The van der Waals surface area contributed by atoms with Gasteiger partial charge < -0.3 is 9.88 Å². The second kappa shape index (κ2) is 9.58. The van der Waals surface area contributed by atoms with E-state index in [1.54, 1.807) is 24.3 Å². The molecule has 7 heteroatoms. The first kappa shape index (κ1) is 19.5. The van der Waals surface area contributed by atoms with E-state index in [0.29, 0.717) is 5.02 Å². The molecule has 0 saturated heterocycles. The van der Waals surface area contributed by atoms with E-state index < -0.39 is 0 Å². The summed E-state index contributed by atoms with van der Waals surface area (Å²) in [6.07, 6.45) is 1.70. The molecule has 1 N–H and O–H groups in total. The van der Waals surface area contributed by atoms with E-state index in [0.717, 1.165) is 36.1 Å². The molecular formula is C20H21ClN4OS. The Kier molecular flexibility index (Phi) is 6.90. The van der Waals surface area contributed by atoms with Crippen LogP contribution in [-0.2, 0) is 17.8 Å². The predicted octanol–water partition coefficient (Wildman–Crippen LogP) is 4.66. The van der Waals surface area contributed by atoms with Gasteiger partial charge in [-0.1, -0.05) is 60.6 Å². The second-order valence-corrected chi connectivity index (χ2v) is 7.44. The fourth-order valence-electron chi connectivity index (χ4n) is 2.64. The number of hydrogen-bond donors (Lipinski definition) is 1. The van der Waals surface area contributed by atoms with E-state index in [9.17, 15) is 4.79 Å². The first-order valence-electron chi connectivity index (χ1n) is 8.80. The highest BCUT2D eigenvalue weighted by Crippen LogP contribution is 2.20. The van der Waals surface area contributed by atoms with E-state index in [-0.39, 0.29) is 11.7 Å². The fraction of sp³-hybridized carbons (Fsp3) is 0.250. The van der Waals surface area contributed by atoms with Gasteiger partial charge in [0.1, 0.15) is 5.82 Å². The van der Waals surface area contributed by atoms with Gasteiger partial charge in [-0.3, -0.25) is 4.79 Å². The Labute approximate surface area is 168 Å². The third-order valence-electron chi connectivity index (χ3n) is 3.91. The van der Waals surface area contributed by atoms with Crippen LogP contribution >= 0.6 is 23.4 Å². The maximum absolute atomic E-state index is 12.2. The quantitative estimate of drug-likeness (QED) is 0.558. The lowest BCUT2D eigenvalue weighted by Crippen LogP contribution is -2.14. The van der Waals surface area contributed by atoms with Gasteiger partial charge in [0.05, 0.1) is 5.75 Å². The highest BCUT2D eigenvalue weighted by molar-refractivity contribution is 7.99. The standard InChI is InChI=1S/C20H21ClN4OS/c1-2-12-25-18(13-15-6-4-3-5-7-15)23-24-20(25)27-14-19(26)22-17-10-8-16(21)9-11-17/h3-11H,2,12-14H2,1H3,(H,22,26). The molecule has 3 rings (SSSR count). The summed E-state index contributed by atoms with van der Waals surface area (Å²) in [7, 11) is 0. The average Bonchev–Trinajstić information content (AvgIpc) is 3.05. The first-order chi connectivity index (χ1) is 13.2. The summed E-state index contributed by atoms with van der Waals surface area (Å²) in [4.78, 5) is 12.2. The minimum Gasteiger partial charge on any atom is -0.325 e. The van der Waals surface area contributed by atoms with Crippen molar-refractivity contribution < 1.29 is 4.79 Å². The predicted molar refractivity (Wildman–Crippen MR) is 110 cm³/mol. The number of thioether (sulfide) groups is 1. The van der Waals surface area contributed by atoms with E-state index in [4.69, 9.17) is 11.6 Å². The highest BCUT2D eigenvalue weighted by atomic mass is 35.5. The third kappa shape index (κ3) is 5.58. The number of carbonyl (C=O) groups is 1. The Morgan fingerprint density at radius 1 is 1.11 bits per heavy atom. The molecule has 0 aliphatic rings.